The summed E-state index contributed by atoms with van der Waals surface area (Å²) in [5.41, 5.74) is 5.90. The van der Waals surface area contributed by atoms with Gasteiger partial charge in [0.05, 0.1) is 16.8 Å². The smallest absolute Gasteiger partial charge is 0.221 e. The number of rotatable bonds is 6. The molecule has 0 spiro atoms. The average Bonchev–Trinajstić information content (AvgIpc) is 2.26. The highest BCUT2D eigenvalue weighted by atomic mass is 79.9. The second-order valence-corrected chi connectivity index (χ2v) is 4.69. The zero-order valence-corrected chi connectivity index (χ0v) is 11.4. The number of ether oxygens (including phenoxy) is 1. The van der Waals surface area contributed by atoms with Gasteiger partial charge < -0.3 is 15.6 Å². The standard InChI is InChI=1S/C11H13BrClNO3/c12-9-3-7(4-11(14)16)1-2-10(9)17-6-8(15)5-13/h1-3,8,15H,4-6H2,(H2,14,16). The lowest BCUT2D eigenvalue weighted by atomic mass is 10.1. The van der Waals surface area contributed by atoms with Gasteiger partial charge in [-0.1, -0.05) is 6.07 Å². The first-order chi connectivity index (χ1) is 8.02. The summed E-state index contributed by atoms with van der Waals surface area (Å²) >= 11 is 8.76. The van der Waals surface area contributed by atoms with Crippen LogP contribution in [-0.2, 0) is 11.2 Å². The maximum absolute atomic E-state index is 10.7. The number of halogens is 2. The number of primary amides is 1. The molecule has 0 aromatic heterocycles. The molecule has 4 nitrogen and oxygen atoms in total. The normalized spacial score (nSPS) is 12.2. The quantitative estimate of drug-likeness (QED) is 0.779. The van der Waals surface area contributed by atoms with Crippen molar-refractivity contribution in [1.82, 2.24) is 0 Å². The molecule has 0 saturated carbocycles. The molecule has 0 radical (unpaired) electrons. The van der Waals surface area contributed by atoms with Crippen LogP contribution in [-0.4, -0.2) is 29.6 Å². The molecule has 6 heteroatoms. The highest BCUT2D eigenvalue weighted by Gasteiger charge is 2.07. The monoisotopic (exact) mass is 321 g/mol. The summed E-state index contributed by atoms with van der Waals surface area (Å²) in [6.45, 7) is 0.122. The number of benzene rings is 1. The molecule has 94 valence electrons. The van der Waals surface area contributed by atoms with Crippen molar-refractivity contribution in [2.75, 3.05) is 12.5 Å². The van der Waals surface area contributed by atoms with E-state index in [1.54, 1.807) is 18.2 Å². The molecule has 0 bridgehead atoms. The van der Waals surface area contributed by atoms with Gasteiger partial charge in [-0.15, -0.1) is 11.6 Å². The molecule has 1 rings (SSSR count). The van der Waals surface area contributed by atoms with Gasteiger partial charge in [0.1, 0.15) is 18.5 Å². The molecule has 1 atom stereocenters. The van der Waals surface area contributed by atoms with Crippen molar-refractivity contribution >= 4 is 33.4 Å². The van der Waals surface area contributed by atoms with Crippen LogP contribution in [0.25, 0.3) is 0 Å². The molecule has 0 fully saturated rings. The van der Waals surface area contributed by atoms with Crippen molar-refractivity contribution in [1.29, 1.82) is 0 Å². The second kappa shape index (κ2) is 6.83. The van der Waals surface area contributed by atoms with E-state index in [0.29, 0.717) is 10.2 Å². The van der Waals surface area contributed by atoms with Crippen LogP contribution < -0.4 is 10.5 Å². The number of amides is 1. The topological polar surface area (TPSA) is 72.6 Å². The lowest BCUT2D eigenvalue weighted by molar-refractivity contribution is -0.117. The summed E-state index contributed by atoms with van der Waals surface area (Å²) in [5.74, 6) is 0.322. The van der Waals surface area contributed by atoms with Crippen molar-refractivity contribution in [3.05, 3.63) is 28.2 Å². The molecule has 0 aliphatic carbocycles. The fourth-order valence-corrected chi connectivity index (χ4v) is 1.83. The molecule has 0 aliphatic heterocycles. The van der Waals surface area contributed by atoms with E-state index in [4.69, 9.17) is 22.1 Å². The van der Waals surface area contributed by atoms with Gasteiger partial charge in [-0.05, 0) is 33.6 Å². The van der Waals surface area contributed by atoms with Crippen LogP contribution >= 0.6 is 27.5 Å². The van der Waals surface area contributed by atoms with Crippen LogP contribution in [0.4, 0.5) is 0 Å². The van der Waals surface area contributed by atoms with Gasteiger partial charge in [0, 0.05) is 0 Å². The van der Waals surface area contributed by atoms with Crippen molar-refractivity contribution in [3.8, 4) is 5.75 Å². The number of carbonyl (C=O) groups is 1. The van der Waals surface area contributed by atoms with Crippen LogP contribution in [0.1, 0.15) is 5.56 Å². The van der Waals surface area contributed by atoms with E-state index in [9.17, 15) is 9.90 Å². The summed E-state index contributed by atoms with van der Waals surface area (Å²) in [4.78, 5) is 10.7. The zero-order chi connectivity index (χ0) is 12.8. The van der Waals surface area contributed by atoms with Crippen molar-refractivity contribution < 1.29 is 14.6 Å². The largest absolute Gasteiger partial charge is 0.490 e. The number of hydrogen-bond donors (Lipinski definition) is 2. The fourth-order valence-electron chi connectivity index (χ4n) is 1.20. The van der Waals surface area contributed by atoms with E-state index in [1.807, 2.05) is 0 Å². The van der Waals surface area contributed by atoms with E-state index in [1.165, 1.54) is 0 Å². The predicted molar refractivity (Wildman–Crippen MR) is 69.3 cm³/mol. The first-order valence-electron chi connectivity index (χ1n) is 4.96. The molecule has 1 aromatic carbocycles. The van der Waals surface area contributed by atoms with Gasteiger partial charge in [0.2, 0.25) is 5.91 Å². The van der Waals surface area contributed by atoms with Gasteiger partial charge >= 0.3 is 0 Å². The van der Waals surface area contributed by atoms with Gasteiger partial charge in [-0.2, -0.15) is 0 Å². The van der Waals surface area contributed by atoms with Gasteiger partial charge in [-0.25, -0.2) is 0 Å². The second-order valence-electron chi connectivity index (χ2n) is 3.53. The first-order valence-corrected chi connectivity index (χ1v) is 6.29. The van der Waals surface area contributed by atoms with Gasteiger partial charge in [-0.3, -0.25) is 4.79 Å². The predicted octanol–water partition coefficient (Wildman–Crippen LogP) is 1.46. The number of nitrogens with two attached hydrogens (primary N) is 1. The molecule has 0 aliphatic rings. The third-order valence-electron chi connectivity index (χ3n) is 1.98. The van der Waals surface area contributed by atoms with Crippen LogP contribution in [0, 0.1) is 0 Å². The van der Waals surface area contributed by atoms with E-state index < -0.39 is 6.10 Å². The van der Waals surface area contributed by atoms with Gasteiger partial charge in [0.15, 0.2) is 0 Å². The Morgan fingerprint density at radius 3 is 2.82 bits per heavy atom. The zero-order valence-electron chi connectivity index (χ0n) is 9.03. The van der Waals surface area contributed by atoms with Crippen LogP contribution in [0.2, 0.25) is 0 Å². The number of carbonyl (C=O) groups excluding carboxylic acids is 1. The highest BCUT2D eigenvalue weighted by Crippen LogP contribution is 2.26. The average molecular weight is 323 g/mol. The van der Waals surface area contributed by atoms with E-state index in [2.05, 4.69) is 15.9 Å². The Balaban J connectivity index is 2.66. The maximum atomic E-state index is 10.7. The molecule has 1 unspecified atom stereocenters. The van der Waals surface area contributed by atoms with Crippen LogP contribution in [0.3, 0.4) is 0 Å². The third-order valence-corrected chi connectivity index (χ3v) is 2.96. The number of aliphatic hydroxyl groups excluding tert-OH is 1. The van der Waals surface area contributed by atoms with Crippen LogP contribution in [0.15, 0.2) is 22.7 Å². The summed E-state index contributed by atoms with van der Waals surface area (Å²) < 4.78 is 6.06. The molecule has 0 heterocycles. The third kappa shape index (κ3) is 4.93. The Hall–Kier alpha value is -0.780. The van der Waals surface area contributed by atoms with Gasteiger partial charge in [0.25, 0.3) is 0 Å². The van der Waals surface area contributed by atoms with Crippen LogP contribution in [0.5, 0.6) is 5.75 Å². The maximum Gasteiger partial charge on any atom is 0.221 e. The van der Waals surface area contributed by atoms with Crippen molar-refractivity contribution in [3.63, 3.8) is 0 Å². The minimum absolute atomic E-state index is 0.122. The summed E-state index contributed by atoms with van der Waals surface area (Å²) in [6, 6.07) is 5.22. The summed E-state index contributed by atoms with van der Waals surface area (Å²) in [5, 5.41) is 9.25. The minimum atomic E-state index is -0.700. The van der Waals surface area contributed by atoms with Crippen molar-refractivity contribution in [2.24, 2.45) is 5.73 Å². The number of alkyl halides is 1. The lowest BCUT2D eigenvalue weighted by Gasteiger charge is -2.11. The number of aliphatic hydroxyl groups is 1. The molecule has 0 saturated heterocycles. The lowest BCUT2D eigenvalue weighted by Crippen LogP contribution is -2.19. The SMILES string of the molecule is NC(=O)Cc1ccc(OCC(O)CCl)c(Br)c1. The Bertz CT molecular complexity index is 400. The van der Waals surface area contributed by atoms with Crippen molar-refractivity contribution in [2.45, 2.75) is 12.5 Å². The van der Waals surface area contributed by atoms with E-state index in [-0.39, 0.29) is 24.8 Å². The fraction of sp³-hybridized carbons (Fsp3) is 0.364. The number of hydrogen-bond acceptors (Lipinski definition) is 3. The summed E-state index contributed by atoms with van der Waals surface area (Å²) in [7, 11) is 0. The Labute approximate surface area is 113 Å². The molecular weight excluding hydrogens is 309 g/mol. The summed E-state index contributed by atoms with van der Waals surface area (Å²) in [6.07, 6.45) is -0.516. The Morgan fingerprint density at radius 1 is 1.59 bits per heavy atom. The van der Waals surface area contributed by atoms with E-state index in [0.717, 1.165) is 5.56 Å². The molecule has 1 amide bonds. The minimum Gasteiger partial charge on any atom is -0.490 e. The molecule has 1 aromatic rings. The first kappa shape index (κ1) is 14.3. The van der Waals surface area contributed by atoms with E-state index >= 15 is 0 Å². The Kier molecular flexibility index (Phi) is 5.74. The molecular formula is C11H13BrClNO3. The molecule has 3 N–H and O–H groups in total. The molecule has 17 heavy (non-hydrogen) atoms. The highest BCUT2D eigenvalue weighted by molar-refractivity contribution is 9.10. The Morgan fingerprint density at radius 2 is 2.29 bits per heavy atom.